The fraction of sp³-hybridized carbons (Fsp3) is 0. The number of non-ortho nitro benzene ring substituents is 1. The van der Waals surface area contributed by atoms with Crippen molar-refractivity contribution in [2.75, 3.05) is 5.32 Å². The van der Waals surface area contributed by atoms with E-state index in [9.17, 15) is 30.3 Å². The second kappa shape index (κ2) is 5.83. The van der Waals surface area contributed by atoms with Gasteiger partial charge in [0.05, 0.1) is 14.8 Å². The molecule has 0 aliphatic carbocycles. The van der Waals surface area contributed by atoms with Crippen LogP contribution in [0.2, 0.25) is 0 Å². The molecule has 0 aliphatic heterocycles. The van der Waals surface area contributed by atoms with Crippen LogP contribution < -0.4 is 5.32 Å². The maximum atomic E-state index is 11.0. The smallest absolute Gasteiger partial charge is 0.299 e. The van der Waals surface area contributed by atoms with E-state index in [0.29, 0.717) is 0 Å². The molecule has 0 aromatic heterocycles. The minimum Gasteiger partial charge on any atom is -0.344 e. The Kier molecular flexibility index (Phi) is 3.93. The molecule has 0 saturated heterocycles. The zero-order chi connectivity index (χ0) is 16.3. The maximum Gasteiger partial charge on any atom is 0.299 e. The minimum atomic E-state index is -0.749. The summed E-state index contributed by atoms with van der Waals surface area (Å²) in [5.41, 5.74) is -1.13. The van der Waals surface area contributed by atoms with E-state index in [-0.39, 0.29) is 17.1 Å². The molecule has 0 radical (unpaired) electrons. The molecule has 0 spiro atoms. The SMILES string of the molecule is O=[N+]([O-])c1ccc(Nc2c([N+](=O)[O-])cccc2[N+](=O)[O-])cc1. The van der Waals surface area contributed by atoms with Crippen molar-refractivity contribution in [1.82, 2.24) is 0 Å². The molecule has 0 bridgehead atoms. The van der Waals surface area contributed by atoms with Gasteiger partial charge in [0.2, 0.25) is 0 Å². The van der Waals surface area contributed by atoms with Crippen LogP contribution >= 0.6 is 0 Å². The highest BCUT2D eigenvalue weighted by Gasteiger charge is 2.24. The number of benzene rings is 2. The van der Waals surface area contributed by atoms with E-state index in [2.05, 4.69) is 5.32 Å². The Morgan fingerprint density at radius 1 is 0.727 bits per heavy atom. The highest BCUT2D eigenvalue weighted by atomic mass is 16.6. The summed E-state index contributed by atoms with van der Waals surface area (Å²) in [6.07, 6.45) is 0. The van der Waals surface area contributed by atoms with Crippen molar-refractivity contribution in [2.45, 2.75) is 0 Å². The number of hydrogen-bond donors (Lipinski definition) is 1. The van der Waals surface area contributed by atoms with Crippen LogP contribution in [0.4, 0.5) is 28.4 Å². The number of anilines is 2. The first-order valence-electron chi connectivity index (χ1n) is 5.83. The number of para-hydroxylation sites is 1. The van der Waals surface area contributed by atoms with Crippen LogP contribution in [-0.4, -0.2) is 14.8 Å². The van der Waals surface area contributed by atoms with Crippen LogP contribution in [0.1, 0.15) is 0 Å². The van der Waals surface area contributed by atoms with Crippen molar-refractivity contribution in [3.63, 3.8) is 0 Å². The lowest BCUT2D eigenvalue weighted by molar-refractivity contribution is -0.392. The summed E-state index contributed by atoms with van der Waals surface area (Å²) in [4.78, 5) is 30.4. The standard InChI is InChI=1S/C12H8N4O6/c17-14(18)9-6-4-8(5-7-9)13-12-10(15(19)20)2-1-3-11(12)16(21)22/h1-7,13H. The number of nitro benzene ring substituents is 3. The third-order valence-electron chi connectivity index (χ3n) is 2.76. The van der Waals surface area contributed by atoms with Crippen LogP contribution in [0.3, 0.4) is 0 Å². The minimum absolute atomic E-state index is 0.164. The highest BCUT2D eigenvalue weighted by Crippen LogP contribution is 2.36. The van der Waals surface area contributed by atoms with Gasteiger partial charge in [-0.15, -0.1) is 0 Å². The molecular formula is C12H8N4O6. The quantitative estimate of drug-likeness (QED) is 0.660. The Balaban J connectivity index is 2.45. The van der Waals surface area contributed by atoms with E-state index in [1.165, 1.54) is 30.3 Å². The number of hydrogen-bond acceptors (Lipinski definition) is 7. The molecule has 0 fully saturated rings. The molecule has 0 aliphatic rings. The molecule has 2 aromatic carbocycles. The van der Waals surface area contributed by atoms with Gasteiger partial charge in [-0.25, -0.2) is 0 Å². The number of nitrogens with one attached hydrogen (secondary N) is 1. The van der Waals surface area contributed by atoms with E-state index >= 15 is 0 Å². The van der Waals surface area contributed by atoms with Crippen molar-refractivity contribution in [3.05, 3.63) is 72.8 Å². The van der Waals surface area contributed by atoms with Crippen molar-refractivity contribution in [3.8, 4) is 0 Å². The Morgan fingerprint density at radius 3 is 1.64 bits per heavy atom. The molecule has 2 rings (SSSR count). The summed E-state index contributed by atoms with van der Waals surface area (Å²) in [7, 11) is 0. The monoisotopic (exact) mass is 304 g/mol. The summed E-state index contributed by atoms with van der Waals surface area (Å²) in [6, 6.07) is 8.43. The molecule has 2 aromatic rings. The fourth-order valence-corrected chi connectivity index (χ4v) is 1.77. The maximum absolute atomic E-state index is 11.0. The molecule has 22 heavy (non-hydrogen) atoms. The Hall–Kier alpha value is -3.56. The van der Waals surface area contributed by atoms with E-state index in [4.69, 9.17) is 0 Å². The molecule has 10 nitrogen and oxygen atoms in total. The van der Waals surface area contributed by atoms with E-state index in [0.717, 1.165) is 12.1 Å². The second-order valence-electron chi connectivity index (χ2n) is 4.11. The summed E-state index contributed by atoms with van der Waals surface area (Å²) < 4.78 is 0. The third-order valence-corrected chi connectivity index (χ3v) is 2.76. The zero-order valence-corrected chi connectivity index (χ0v) is 10.8. The molecule has 10 heteroatoms. The van der Waals surface area contributed by atoms with Crippen LogP contribution in [0, 0.1) is 30.3 Å². The molecule has 0 amide bonds. The molecule has 112 valence electrons. The first-order chi connectivity index (χ1) is 10.4. The van der Waals surface area contributed by atoms with E-state index in [1.54, 1.807) is 0 Å². The number of rotatable bonds is 5. The fourth-order valence-electron chi connectivity index (χ4n) is 1.77. The molecule has 1 N–H and O–H groups in total. The summed E-state index contributed by atoms with van der Waals surface area (Å²) >= 11 is 0. The van der Waals surface area contributed by atoms with Gasteiger partial charge < -0.3 is 5.32 Å². The van der Waals surface area contributed by atoms with Gasteiger partial charge in [-0.2, -0.15) is 0 Å². The van der Waals surface area contributed by atoms with Crippen molar-refractivity contribution < 1.29 is 14.8 Å². The molecule has 0 heterocycles. The van der Waals surface area contributed by atoms with Gasteiger partial charge in [0, 0.05) is 30.0 Å². The zero-order valence-electron chi connectivity index (χ0n) is 10.8. The van der Waals surface area contributed by atoms with Gasteiger partial charge in [-0.1, -0.05) is 0 Å². The van der Waals surface area contributed by atoms with Gasteiger partial charge in [-0.3, -0.25) is 30.3 Å². The summed E-state index contributed by atoms with van der Waals surface area (Å²) in [5, 5.41) is 35.1. The van der Waals surface area contributed by atoms with Crippen LogP contribution in [0.15, 0.2) is 42.5 Å². The first kappa shape index (κ1) is 14.8. The number of nitro groups is 3. The van der Waals surface area contributed by atoms with E-state index < -0.39 is 26.1 Å². The lowest BCUT2D eigenvalue weighted by Crippen LogP contribution is -2.01. The van der Waals surface area contributed by atoms with Gasteiger partial charge in [-0.05, 0) is 18.2 Å². The summed E-state index contributed by atoms with van der Waals surface area (Å²) in [5.74, 6) is 0. The normalized spacial score (nSPS) is 10.0. The highest BCUT2D eigenvalue weighted by molar-refractivity contribution is 5.78. The largest absolute Gasteiger partial charge is 0.344 e. The van der Waals surface area contributed by atoms with Crippen molar-refractivity contribution >= 4 is 28.4 Å². The topological polar surface area (TPSA) is 141 Å². The van der Waals surface area contributed by atoms with Gasteiger partial charge in [0.1, 0.15) is 0 Å². The Morgan fingerprint density at radius 2 is 1.23 bits per heavy atom. The van der Waals surface area contributed by atoms with Crippen LogP contribution in [0.25, 0.3) is 0 Å². The van der Waals surface area contributed by atoms with Crippen LogP contribution in [0.5, 0.6) is 0 Å². The molecule has 0 saturated carbocycles. The number of nitrogens with zero attached hydrogens (tertiary/aromatic N) is 3. The first-order valence-corrected chi connectivity index (χ1v) is 5.83. The average molecular weight is 304 g/mol. The van der Waals surface area contributed by atoms with Crippen molar-refractivity contribution in [2.24, 2.45) is 0 Å². The van der Waals surface area contributed by atoms with E-state index in [1.807, 2.05) is 0 Å². The van der Waals surface area contributed by atoms with Gasteiger partial charge in [0.25, 0.3) is 17.1 Å². The van der Waals surface area contributed by atoms with Gasteiger partial charge >= 0.3 is 0 Å². The summed E-state index contributed by atoms with van der Waals surface area (Å²) in [6.45, 7) is 0. The predicted molar refractivity (Wildman–Crippen MR) is 76.1 cm³/mol. The second-order valence-corrected chi connectivity index (χ2v) is 4.11. The van der Waals surface area contributed by atoms with Gasteiger partial charge in [0.15, 0.2) is 5.69 Å². The molecule has 0 atom stereocenters. The van der Waals surface area contributed by atoms with Crippen molar-refractivity contribution in [1.29, 1.82) is 0 Å². The Labute approximate surface area is 122 Å². The van der Waals surface area contributed by atoms with Crippen LogP contribution in [-0.2, 0) is 0 Å². The lowest BCUT2D eigenvalue weighted by Gasteiger charge is -2.07. The third kappa shape index (κ3) is 2.95. The lowest BCUT2D eigenvalue weighted by atomic mass is 10.2. The molecule has 0 unspecified atom stereocenters. The molecular weight excluding hydrogens is 296 g/mol. The average Bonchev–Trinajstić information content (AvgIpc) is 2.47. The predicted octanol–water partition coefficient (Wildman–Crippen LogP) is 3.15. The Bertz CT molecular complexity index is 726.